The third-order valence-electron chi connectivity index (χ3n) is 4.74. The van der Waals surface area contributed by atoms with Gasteiger partial charge in [0.25, 0.3) is 0 Å². The molecule has 1 aromatic heterocycles. The molecule has 9 heteroatoms. The number of imidazole rings is 1. The largest absolute Gasteiger partial charge is 0.491 e. The number of aromatic nitrogens is 2. The highest BCUT2D eigenvalue weighted by Gasteiger charge is 2.21. The highest BCUT2D eigenvalue weighted by Crippen LogP contribution is 2.22. The lowest BCUT2D eigenvalue weighted by molar-refractivity contribution is -0.119. The fraction of sp³-hybridized carbons (Fsp3) is 0.304. The molecule has 32 heavy (non-hydrogen) atoms. The second kappa shape index (κ2) is 9.86. The van der Waals surface area contributed by atoms with Crippen LogP contribution in [0.4, 0.5) is 5.69 Å². The topological polar surface area (TPSA) is 93.5 Å². The van der Waals surface area contributed by atoms with Crippen molar-refractivity contribution in [3.63, 3.8) is 0 Å². The third kappa shape index (κ3) is 5.88. The van der Waals surface area contributed by atoms with E-state index >= 15 is 0 Å². The molecule has 0 radical (unpaired) electrons. The van der Waals surface area contributed by atoms with Gasteiger partial charge in [-0.3, -0.25) is 9.10 Å². The molecule has 0 aliphatic heterocycles. The zero-order valence-electron chi connectivity index (χ0n) is 18.6. The van der Waals surface area contributed by atoms with Gasteiger partial charge >= 0.3 is 0 Å². The summed E-state index contributed by atoms with van der Waals surface area (Å²) in [6.07, 6.45) is 4.66. The highest BCUT2D eigenvalue weighted by atomic mass is 32.2. The predicted molar refractivity (Wildman–Crippen MR) is 125 cm³/mol. The van der Waals surface area contributed by atoms with Crippen molar-refractivity contribution in [3.8, 4) is 11.4 Å². The first-order chi connectivity index (χ1) is 15.1. The van der Waals surface area contributed by atoms with Gasteiger partial charge in [0.15, 0.2) is 0 Å². The summed E-state index contributed by atoms with van der Waals surface area (Å²) < 4.78 is 33.3. The Labute approximate surface area is 188 Å². The summed E-state index contributed by atoms with van der Waals surface area (Å²) in [4.78, 5) is 16.9. The molecule has 0 saturated carbocycles. The number of sulfonamides is 1. The summed E-state index contributed by atoms with van der Waals surface area (Å²) in [6.45, 7) is 5.65. The van der Waals surface area contributed by atoms with Crippen LogP contribution in [0.3, 0.4) is 0 Å². The van der Waals surface area contributed by atoms with Crippen LogP contribution in [0.2, 0.25) is 0 Å². The van der Waals surface area contributed by atoms with Crippen LogP contribution in [0.25, 0.3) is 5.69 Å². The summed E-state index contributed by atoms with van der Waals surface area (Å²) in [7, 11) is -3.66. The van der Waals surface area contributed by atoms with E-state index < -0.39 is 15.9 Å². The second-order valence-corrected chi connectivity index (χ2v) is 9.59. The Balaban J connectivity index is 1.72. The van der Waals surface area contributed by atoms with E-state index in [4.69, 9.17) is 4.74 Å². The lowest BCUT2D eigenvalue weighted by Gasteiger charge is -2.22. The van der Waals surface area contributed by atoms with Gasteiger partial charge < -0.3 is 14.6 Å². The molecule has 0 aliphatic rings. The maximum atomic E-state index is 12.7. The first kappa shape index (κ1) is 23.3. The summed E-state index contributed by atoms with van der Waals surface area (Å²) in [5.41, 5.74) is 2.19. The normalized spacial score (nSPS) is 11.4. The molecule has 0 aliphatic carbocycles. The number of benzene rings is 2. The number of hydrogen-bond donors (Lipinski definition) is 1. The molecule has 0 spiro atoms. The van der Waals surface area contributed by atoms with Gasteiger partial charge in [0.1, 0.15) is 18.1 Å². The van der Waals surface area contributed by atoms with Crippen LogP contribution in [0.15, 0.2) is 60.9 Å². The number of carbonyl (C=O) groups is 1. The number of amides is 1. The molecule has 3 aromatic rings. The molecule has 0 bridgehead atoms. The molecule has 0 atom stereocenters. The van der Waals surface area contributed by atoms with Crippen LogP contribution in [0, 0.1) is 6.92 Å². The van der Waals surface area contributed by atoms with Crippen molar-refractivity contribution < 1.29 is 17.9 Å². The van der Waals surface area contributed by atoms with E-state index in [0.29, 0.717) is 11.4 Å². The molecule has 170 valence electrons. The van der Waals surface area contributed by atoms with Crippen LogP contribution in [0.5, 0.6) is 5.75 Å². The number of nitrogens with zero attached hydrogens (tertiary/aromatic N) is 3. The molecule has 1 amide bonds. The average Bonchev–Trinajstić information content (AvgIpc) is 3.16. The summed E-state index contributed by atoms with van der Waals surface area (Å²) in [5, 5.41) is 2.83. The zero-order valence-corrected chi connectivity index (χ0v) is 19.5. The summed E-state index contributed by atoms with van der Waals surface area (Å²) >= 11 is 0. The van der Waals surface area contributed by atoms with Crippen molar-refractivity contribution in [2.24, 2.45) is 0 Å². The number of ether oxygens (including phenoxy) is 1. The average molecular weight is 457 g/mol. The van der Waals surface area contributed by atoms with Crippen LogP contribution >= 0.6 is 0 Å². The molecule has 8 nitrogen and oxygen atoms in total. The molecule has 0 saturated heterocycles. The molecular weight excluding hydrogens is 428 g/mol. The third-order valence-corrected chi connectivity index (χ3v) is 5.88. The standard InChI is InChI=1S/C23H28N4O4S/c1-17(2)31-21-11-9-20(10-12-21)27(32(4,29)30)16-23(28)25-15-19-7-5-6-8-22(19)26-14-13-24-18(26)3/h5-14,17H,15-16H2,1-4H3,(H,25,28). The molecule has 0 unspecified atom stereocenters. The van der Waals surface area contributed by atoms with Gasteiger partial charge in [0.05, 0.1) is 23.7 Å². The summed E-state index contributed by atoms with van der Waals surface area (Å²) in [5.74, 6) is 1.06. The zero-order chi connectivity index (χ0) is 23.3. The molecule has 0 fully saturated rings. The fourth-order valence-electron chi connectivity index (χ4n) is 3.27. The van der Waals surface area contributed by atoms with E-state index in [1.54, 1.807) is 30.5 Å². The molecule has 2 aromatic carbocycles. The quantitative estimate of drug-likeness (QED) is 0.534. The molecule has 1 heterocycles. The Kier molecular flexibility index (Phi) is 7.19. The number of nitrogens with one attached hydrogen (secondary N) is 1. The number of rotatable bonds is 9. The van der Waals surface area contributed by atoms with Crippen molar-refractivity contribution in [2.45, 2.75) is 33.4 Å². The minimum absolute atomic E-state index is 0.00613. The van der Waals surface area contributed by atoms with Gasteiger partial charge in [0.2, 0.25) is 15.9 Å². The smallest absolute Gasteiger partial charge is 0.241 e. The van der Waals surface area contributed by atoms with Crippen molar-refractivity contribution in [3.05, 3.63) is 72.3 Å². The molecule has 1 N–H and O–H groups in total. The van der Waals surface area contributed by atoms with Crippen LogP contribution in [0.1, 0.15) is 25.2 Å². The number of aryl methyl sites for hydroxylation is 1. The monoisotopic (exact) mass is 456 g/mol. The Bertz CT molecular complexity index is 1170. The van der Waals surface area contributed by atoms with Gasteiger partial charge in [-0.25, -0.2) is 13.4 Å². The lowest BCUT2D eigenvalue weighted by Crippen LogP contribution is -2.40. The summed E-state index contributed by atoms with van der Waals surface area (Å²) in [6, 6.07) is 14.3. The van der Waals surface area contributed by atoms with Gasteiger partial charge in [-0.1, -0.05) is 18.2 Å². The molecule has 3 rings (SSSR count). The minimum Gasteiger partial charge on any atom is -0.491 e. The maximum Gasteiger partial charge on any atom is 0.241 e. The van der Waals surface area contributed by atoms with E-state index in [1.807, 2.05) is 55.8 Å². The first-order valence-corrected chi connectivity index (χ1v) is 12.1. The van der Waals surface area contributed by atoms with E-state index in [9.17, 15) is 13.2 Å². The van der Waals surface area contributed by atoms with E-state index in [2.05, 4.69) is 10.3 Å². The predicted octanol–water partition coefficient (Wildman–Crippen LogP) is 3.05. The highest BCUT2D eigenvalue weighted by molar-refractivity contribution is 7.92. The van der Waals surface area contributed by atoms with Crippen LogP contribution in [-0.2, 0) is 21.4 Å². The second-order valence-electron chi connectivity index (χ2n) is 7.68. The lowest BCUT2D eigenvalue weighted by atomic mass is 10.1. The fourth-order valence-corrected chi connectivity index (χ4v) is 4.13. The number of para-hydroxylation sites is 1. The Hall–Kier alpha value is -3.33. The Morgan fingerprint density at radius 2 is 1.84 bits per heavy atom. The SMILES string of the molecule is Cc1nccn1-c1ccccc1CNC(=O)CN(c1ccc(OC(C)C)cc1)S(C)(=O)=O. The van der Waals surface area contributed by atoms with Gasteiger partial charge in [-0.05, 0) is 56.7 Å². The Morgan fingerprint density at radius 3 is 2.44 bits per heavy atom. The van der Waals surface area contributed by atoms with Gasteiger partial charge in [0, 0.05) is 18.9 Å². The number of anilines is 1. The van der Waals surface area contributed by atoms with Crippen molar-refractivity contribution in [1.29, 1.82) is 0 Å². The Morgan fingerprint density at radius 1 is 1.16 bits per heavy atom. The van der Waals surface area contributed by atoms with Crippen molar-refractivity contribution in [2.75, 3.05) is 17.1 Å². The first-order valence-electron chi connectivity index (χ1n) is 10.2. The number of carbonyl (C=O) groups excluding carboxylic acids is 1. The number of hydrogen-bond acceptors (Lipinski definition) is 5. The van der Waals surface area contributed by atoms with E-state index in [-0.39, 0.29) is 19.2 Å². The van der Waals surface area contributed by atoms with Crippen LogP contribution < -0.4 is 14.4 Å². The van der Waals surface area contributed by atoms with E-state index in [1.165, 1.54) is 0 Å². The maximum absolute atomic E-state index is 12.7. The van der Waals surface area contributed by atoms with Crippen LogP contribution in [-0.4, -0.2) is 42.8 Å². The van der Waals surface area contributed by atoms with Crippen molar-refractivity contribution >= 4 is 21.6 Å². The van der Waals surface area contributed by atoms with Crippen molar-refractivity contribution in [1.82, 2.24) is 14.9 Å². The van der Waals surface area contributed by atoms with Gasteiger partial charge in [-0.2, -0.15) is 0 Å². The molecular formula is C23H28N4O4S. The minimum atomic E-state index is -3.66. The van der Waals surface area contributed by atoms with Gasteiger partial charge in [-0.15, -0.1) is 0 Å². The van der Waals surface area contributed by atoms with E-state index in [0.717, 1.165) is 27.6 Å².